The molecule has 0 radical (unpaired) electrons. The molecular weight excluding hydrogens is 365 g/mol. The quantitative estimate of drug-likeness (QED) is 0.861. The summed E-state index contributed by atoms with van der Waals surface area (Å²) < 4.78 is 24.1. The van der Waals surface area contributed by atoms with Crippen LogP contribution in [0.4, 0.5) is 10.2 Å². The lowest BCUT2D eigenvalue weighted by molar-refractivity contribution is 0.0697. The Kier molecular flexibility index (Phi) is 4.74. The minimum Gasteiger partial charge on any atom is -0.494 e. The molecule has 0 aliphatic carbocycles. The molecule has 4 rings (SSSR count). The largest absolute Gasteiger partial charge is 0.494 e. The number of hydrogen-bond acceptors (Lipinski definition) is 6. The van der Waals surface area contributed by atoms with Crippen molar-refractivity contribution >= 4 is 11.8 Å². The number of hydrogen-bond donors (Lipinski definition) is 1. The minimum atomic E-state index is -1.12. The van der Waals surface area contributed by atoms with Gasteiger partial charge in [-0.2, -0.15) is 0 Å². The van der Waals surface area contributed by atoms with Gasteiger partial charge < -0.3 is 24.2 Å². The zero-order valence-electron chi connectivity index (χ0n) is 16.1. The lowest BCUT2D eigenvalue weighted by Gasteiger charge is -2.39. The summed E-state index contributed by atoms with van der Waals surface area (Å²) in [5.74, 6) is -1.16. The number of piperidine rings is 1. The summed E-state index contributed by atoms with van der Waals surface area (Å²) in [6, 6.07) is 4.11. The standard InChI is InChI=1S/C20H24FN3O4/c1-23-8-5-20(12-23)6-9-24(10-7-20)18-16(19(25)26)17(28-22-18)13-3-4-14(21)15(11-13)27-2/h3-4,11H,5-10,12H2,1-2H3,(H,25,26). The van der Waals surface area contributed by atoms with Crippen LogP contribution in [-0.4, -0.2) is 61.5 Å². The molecule has 2 aliphatic heterocycles. The predicted octanol–water partition coefficient (Wildman–Crippen LogP) is 3.11. The molecule has 0 saturated carbocycles. The highest BCUT2D eigenvalue weighted by molar-refractivity contribution is 5.99. The van der Waals surface area contributed by atoms with E-state index in [-0.39, 0.29) is 17.1 Å². The van der Waals surface area contributed by atoms with E-state index in [2.05, 4.69) is 17.1 Å². The molecule has 8 heteroatoms. The molecular formula is C20H24FN3O4. The molecule has 0 bridgehead atoms. The van der Waals surface area contributed by atoms with Crippen LogP contribution in [0.1, 0.15) is 29.6 Å². The Balaban J connectivity index is 1.62. The normalized spacial score (nSPS) is 19.3. The molecule has 1 aromatic carbocycles. The van der Waals surface area contributed by atoms with E-state index in [1.807, 2.05) is 4.90 Å². The highest BCUT2D eigenvalue weighted by Gasteiger charge is 2.41. The molecule has 1 aromatic heterocycles. The number of aromatic nitrogens is 1. The second-order valence-electron chi connectivity index (χ2n) is 7.84. The number of ether oxygens (including phenoxy) is 1. The lowest BCUT2D eigenvalue weighted by Crippen LogP contribution is -2.42. The molecule has 1 spiro atoms. The second-order valence-corrected chi connectivity index (χ2v) is 7.84. The molecule has 28 heavy (non-hydrogen) atoms. The number of carboxylic acids is 1. The van der Waals surface area contributed by atoms with Crippen molar-refractivity contribution in [2.75, 3.05) is 45.2 Å². The molecule has 2 aromatic rings. The smallest absolute Gasteiger partial charge is 0.343 e. The fourth-order valence-corrected chi connectivity index (χ4v) is 4.45. The van der Waals surface area contributed by atoms with Crippen molar-refractivity contribution in [2.45, 2.75) is 19.3 Å². The van der Waals surface area contributed by atoms with Gasteiger partial charge in [-0.15, -0.1) is 0 Å². The average molecular weight is 389 g/mol. The van der Waals surface area contributed by atoms with E-state index < -0.39 is 11.8 Å². The van der Waals surface area contributed by atoms with Gasteiger partial charge in [-0.05, 0) is 56.5 Å². The number of nitrogens with zero attached hydrogens (tertiary/aromatic N) is 3. The van der Waals surface area contributed by atoms with E-state index in [9.17, 15) is 14.3 Å². The second kappa shape index (κ2) is 7.09. The van der Waals surface area contributed by atoms with Crippen LogP contribution < -0.4 is 9.64 Å². The first-order chi connectivity index (χ1) is 13.4. The van der Waals surface area contributed by atoms with Gasteiger partial charge in [0, 0.05) is 25.2 Å². The Hall–Kier alpha value is -2.61. The lowest BCUT2D eigenvalue weighted by atomic mass is 9.78. The van der Waals surface area contributed by atoms with E-state index in [0.717, 1.165) is 39.0 Å². The first-order valence-electron chi connectivity index (χ1n) is 9.43. The van der Waals surface area contributed by atoms with Crippen LogP contribution in [0.3, 0.4) is 0 Å². The summed E-state index contributed by atoms with van der Waals surface area (Å²) >= 11 is 0. The van der Waals surface area contributed by atoms with Crippen molar-refractivity contribution in [3.8, 4) is 17.1 Å². The van der Waals surface area contributed by atoms with Crippen LogP contribution >= 0.6 is 0 Å². The Morgan fingerprint density at radius 2 is 2.00 bits per heavy atom. The molecule has 0 unspecified atom stereocenters. The third-order valence-electron chi connectivity index (χ3n) is 6.05. The monoisotopic (exact) mass is 389 g/mol. The van der Waals surface area contributed by atoms with Crippen LogP contribution in [0.25, 0.3) is 11.3 Å². The van der Waals surface area contributed by atoms with Gasteiger partial charge in [0.1, 0.15) is 0 Å². The zero-order valence-corrected chi connectivity index (χ0v) is 16.1. The molecule has 3 heterocycles. The van der Waals surface area contributed by atoms with Gasteiger partial charge in [0.15, 0.2) is 28.7 Å². The summed E-state index contributed by atoms with van der Waals surface area (Å²) in [5, 5.41) is 13.9. The number of halogens is 1. The topological polar surface area (TPSA) is 79.0 Å². The molecule has 2 fully saturated rings. The zero-order chi connectivity index (χ0) is 19.9. The number of anilines is 1. The van der Waals surface area contributed by atoms with Gasteiger partial charge in [-0.3, -0.25) is 0 Å². The van der Waals surface area contributed by atoms with E-state index >= 15 is 0 Å². The van der Waals surface area contributed by atoms with Crippen LogP contribution in [-0.2, 0) is 0 Å². The maximum absolute atomic E-state index is 13.7. The third kappa shape index (κ3) is 3.22. The molecule has 0 amide bonds. The van der Waals surface area contributed by atoms with Gasteiger partial charge in [0.05, 0.1) is 7.11 Å². The van der Waals surface area contributed by atoms with Crippen molar-refractivity contribution < 1.29 is 23.6 Å². The third-order valence-corrected chi connectivity index (χ3v) is 6.05. The van der Waals surface area contributed by atoms with Crippen LogP contribution in [0, 0.1) is 11.2 Å². The van der Waals surface area contributed by atoms with Crippen molar-refractivity contribution in [3.63, 3.8) is 0 Å². The molecule has 1 N–H and O–H groups in total. The maximum Gasteiger partial charge on any atom is 0.343 e. The Labute approximate surface area is 162 Å². The number of benzene rings is 1. The summed E-state index contributed by atoms with van der Waals surface area (Å²) in [6.45, 7) is 3.69. The first kappa shape index (κ1) is 18.7. The summed E-state index contributed by atoms with van der Waals surface area (Å²) in [6.07, 6.45) is 3.19. The number of rotatable bonds is 4. The fourth-order valence-electron chi connectivity index (χ4n) is 4.45. The molecule has 2 aliphatic rings. The maximum atomic E-state index is 13.7. The van der Waals surface area contributed by atoms with Crippen LogP contribution in [0.15, 0.2) is 22.7 Å². The summed E-state index contributed by atoms with van der Waals surface area (Å²) in [4.78, 5) is 16.3. The van der Waals surface area contributed by atoms with Crippen LogP contribution in [0.2, 0.25) is 0 Å². The van der Waals surface area contributed by atoms with Gasteiger partial charge in [0.25, 0.3) is 0 Å². The number of carboxylic acid groups (broad SMARTS) is 1. The summed E-state index contributed by atoms with van der Waals surface area (Å²) in [7, 11) is 3.50. The highest BCUT2D eigenvalue weighted by atomic mass is 19.1. The number of carbonyl (C=O) groups is 1. The van der Waals surface area contributed by atoms with Crippen LogP contribution in [0.5, 0.6) is 5.75 Å². The van der Waals surface area contributed by atoms with Crippen molar-refractivity contribution in [1.82, 2.24) is 10.1 Å². The van der Waals surface area contributed by atoms with E-state index in [1.165, 1.54) is 31.7 Å². The van der Waals surface area contributed by atoms with Gasteiger partial charge >= 0.3 is 5.97 Å². The Morgan fingerprint density at radius 1 is 1.29 bits per heavy atom. The molecule has 7 nitrogen and oxygen atoms in total. The number of methoxy groups -OCH3 is 1. The first-order valence-corrected chi connectivity index (χ1v) is 9.43. The Morgan fingerprint density at radius 3 is 2.61 bits per heavy atom. The Bertz CT molecular complexity index is 890. The van der Waals surface area contributed by atoms with Gasteiger partial charge in [0.2, 0.25) is 0 Å². The van der Waals surface area contributed by atoms with Crippen molar-refractivity contribution in [1.29, 1.82) is 0 Å². The van der Waals surface area contributed by atoms with E-state index in [0.29, 0.717) is 16.8 Å². The molecule has 2 saturated heterocycles. The predicted molar refractivity (Wildman–Crippen MR) is 101 cm³/mol. The SMILES string of the molecule is COc1cc(-c2onc(N3CCC4(CCN(C)C4)CC3)c2C(=O)O)ccc1F. The molecule has 0 atom stereocenters. The molecule has 150 valence electrons. The van der Waals surface area contributed by atoms with E-state index in [1.54, 1.807) is 0 Å². The van der Waals surface area contributed by atoms with Crippen molar-refractivity contribution in [2.24, 2.45) is 5.41 Å². The highest BCUT2D eigenvalue weighted by Crippen LogP contribution is 2.42. The van der Waals surface area contributed by atoms with E-state index in [4.69, 9.17) is 9.26 Å². The van der Waals surface area contributed by atoms with Crippen molar-refractivity contribution in [3.05, 3.63) is 29.6 Å². The average Bonchev–Trinajstić information content (AvgIpc) is 3.27. The summed E-state index contributed by atoms with van der Waals surface area (Å²) in [5.41, 5.74) is 0.749. The number of likely N-dealkylation sites (tertiary alicyclic amines) is 1. The van der Waals surface area contributed by atoms with Gasteiger partial charge in [-0.25, -0.2) is 9.18 Å². The van der Waals surface area contributed by atoms with Gasteiger partial charge in [-0.1, -0.05) is 5.16 Å². The minimum absolute atomic E-state index is 0.00755. The fraction of sp³-hybridized carbons (Fsp3) is 0.500. The number of aromatic carboxylic acids is 1.